The molecule has 1 amide bonds. The van der Waals surface area contributed by atoms with Crippen molar-refractivity contribution in [1.29, 1.82) is 0 Å². The second-order valence-corrected chi connectivity index (χ2v) is 5.56. The average Bonchev–Trinajstić information content (AvgIpc) is 2.94. The van der Waals surface area contributed by atoms with Gasteiger partial charge in [0.2, 0.25) is 5.82 Å². The molecule has 2 N–H and O–H groups in total. The zero-order chi connectivity index (χ0) is 14.8. The highest BCUT2D eigenvalue weighted by Crippen LogP contribution is 2.32. The highest BCUT2D eigenvalue weighted by molar-refractivity contribution is 5.90. The zero-order valence-corrected chi connectivity index (χ0v) is 11.9. The predicted molar refractivity (Wildman–Crippen MR) is 78.1 cm³/mol. The third-order valence-electron chi connectivity index (χ3n) is 4.12. The molecule has 2 heterocycles. The largest absolute Gasteiger partial charge is 0.341 e. The van der Waals surface area contributed by atoms with E-state index in [-0.39, 0.29) is 11.7 Å². The molecule has 21 heavy (non-hydrogen) atoms. The first-order chi connectivity index (χ1) is 10.1. The van der Waals surface area contributed by atoms with Gasteiger partial charge in [-0.1, -0.05) is 37.3 Å². The number of benzene rings is 1. The summed E-state index contributed by atoms with van der Waals surface area (Å²) in [6, 6.07) is 10.4. The molecule has 1 aliphatic rings. The van der Waals surface area contributed by atoms with Crippen molar-refractivity contribution in [3.05, 3.63) is 52.2 Å². The number of nitrogens with one attached hydrogen (secondary N) is 2. The summed E-state index contributed by atoms with van der Waals surface area (Å²) >= 11 is 0. The summed E-state index contributed by atoms with van der Waals surface area (Å²) in [5, 5.41) is 5.93. The molecule has 0 unspecified atom stereocenters. The Morgan fingerprint density at radius 1 is 1.33 bits per heavy atom. The number of aromatic amines is 2. The normalized spacial score (nSPS) is 22.2. The topological polar surface area (TPSA) is 81.8 Å². The van der Waals surface area contributed by atoms with Gasteiger partial charge in [0.25, 0.3) is 5.91 Å². The van der Waals surface area contributed by atoms with Crippen LogP contribution in [-0.2, 0) is 0 Å². The quantitative estimate of drug-likeness (QED) is 0.874. The van der Waals surface area contributed by atoms with E-state index in [4.69, 9.17) is 0 Å². The third-order valence-corrected chi connectivity index (χ3v) is 4.12. The van der Waals surface area contributed by atoms with Crippen LogP contribution in [0.25, 0.3) is 0 Å². The molecule has 3 rings (SSSR count). The van der Waals surface area contributed by atoms with Crippen LogP contribution in [0.15, 0.2) is 35.1 Å². The summed E-state index contributed by atoms with van der Waals surface area (Å²) in [5.74, 6) is 0.710. The maximum Gasteiger partial charge on any atom is 0.341 e. The van der Waals surface area contributed by atoms with E-state index in [0.29, 0.717) is 24.9 Å². The molecule has 2 aromatic rings. The molecule has 110 valence electrons. The first-order valence-electron chi connectivity index (χ1n) is 7.14. The number of hydrogen-bond donors (Lipinski definition) is 2. The molecule has 1 aromatic carbocycles. The molecule has 0 spiro atoms. The molecule has 0 radical (unpaired) electrons. The van der Waals surface area contributed by atoms with E-state index >= 15 is 0 Å². The van der Waals surface area contributed by atoms with Crippen molar-refractivity contribution in [1.82, 2.24) is 20.1 Å². The van der Waals surface area contributed by atoms with Crippen molar-refractivity contribution in [2.24, 2.45) is 5.92 Å². The lowest BCUT2D eigenvalue weighted by Crippen LogP contribution is -2.42. The van der Waals surface area contributed by atoms with E-state index in [1.807, 2.05) is 18.2 Å². The van der Waals surface area contributed by atoms with Gasteiger partial charge in [0.15, 0.2) is 0 Å². The number of hydrogen-bond acceptors (Lipinski definition) is 3. The maximum absolute atomic E-state index is 12.3. The lowest BCUT2D eigenvalue weighted by molar-refractivity contribution is 0.0649. The van der Waals surface area contributed by atoms with Gasteiger partial charge in [0.05, 0.1) is 0 Å². The van der Waals surface area contributed by atoms with Crippen molar-refractivity contribution in [2.75, 3.05) is 13.1 Å². The summed E-state index contributed by atoms with van der Waals surface area (Å²) in [6.45, 7) is 3.51. The fourth-order valence-corrected chi connectivity index (χ4v) is 3.05. The minimum atomic E-state index is -0.453. The Kier molecular flexibility index (Phi) is 3.60. The van der Waals surface area contributed by atoms with Crippen molar-refractivity contribution >= 4 is 5.91 Å². The summed E-state index contributed by atoms with van der Waals surface area (Å²) in [6.07, 6.45) is 0.922. The fraction of sp³-hybridized carbons (Fsp3) is 0.400. The lowest BCUT2D eigenvalue weighted by atomic mass is 9.81. The highest BCUT2D eigenvalue weighted by Gasteiger charge is 2.30. The number of aromatic nitrogens is 3. The van der Waals surface area contributed by atoms with E-state index in [1.165, 1.54) is 5.56 Å². The predicted octanol–water partition coefficient (Wildman–Crippen LogP) is 1.36. The number of piperidine rings is 1. The van der Waals surface area contributed by atoms with Crippen LogP contribution in [0.5, 0.6) is 0 Å². The van der Waals surface area contributed by atoms with Crippen LogP contribution in [0.2, 0.25) is 0 Å². The van der Waals surface area contributed by atoms with Crippen molar-refractivity contribution in [3.63, 3.8) is 0 Å². The molecular weight excluding hydrogens is 268 g/mol. The molecule has 1 saturated heterocycles. The van der Waals surface area contributed by atoms with Crippen molar-refractivity contribution < 1.29 is 4.79 Å². The van der Waals surface area contributed by atoms with Crippen molar-refractivity contribution in [3.8, 4) is 0 Å². The molecule has 0 bridgehead atoms. The van der Waals surface area contributed by atoms with Gasteiger partial charge in [0.1, 0.15) is 0 Å². The first-order valence-corrected chi connectivity index (χ1v) is 7.14. The summed E-state index contributed by atoms with van der Waals surface area (Å²) in [7, 11) is 0. The van der Waals surface area contributed by atoms with Gasteiger partial charge in [-0.2, -0.15) is 0 Å². The van der Waals surface area contributed by atoms with E-state index in [2.05, 4.69) is 34.2 Å². The Labute approximate surface area is 122 Å². The van der Waals surface area contributed by atoms with Crippen LogP contribution in [0, 0.1) is 5.92 Å². The van der Waals surface area contributed by atoms with Gasteiger partial charge in [-0.3, -0.25) is 9.78 Å². The zero-order valence-electron chi connectivity index (χ0n) is 11.9. The number of nitrogens with zero attached hydrogens (tertiary/aromatic N) is 2. The standard InChI is InChI=1S/C15H18N4O2/c1-10-9-19(14(20)13-16-15(21)18-17-13)8-7-12(10)11-5-3-2-4-6-11/h2-6,10,12H,7-9H2,1H3,(H2,16,17,18,21)/t10-,12-/m0/s1. The molecule has 0 aliphatic carbocycles. The van der Waals surface area contributed by atoms with Gasteiger partial charge in [0, 0.05) is 13.1 Å². The third kappa shape index (κ3) is 2.74. The van der Waals surface area contributed by atoms with E-state index in [0.717, 1.165) is 6.42 Å². The van der Waals surface area contributed by atoms with Crippen LogP contribution in [-0.4, -0.2) is 39.1 Å². The fourth-order valence-electron chi connectivity index (χ4n) is 3.05. The van der Waals surface area contributed by atoms with Gasteiger partial charge in [-0.05, 0) is 23.8 Å². The van der Waals surface area contributed by atoms with E-state index in [1.54, 1.807) is 4.90 Å². The average molecular weight is 286 g/mol. The SMILES string of the molecule is C[C@H]1CN(C(=O)c2n[nH]c(=O)[nH]2)CC[C@@H]1c1ccccc1. The minimum absolute atomic E-state index is 0.0883. The first kappa shape index (κ1) is 13.6. The molecule has 1 aromatic heterocycles. The van der Waals surface area contributed by atoms with Crippen LogP contribution >= 0.6 is 0 Å². The molecule has 6 heteroatoms. The Morgan fingerprint density at radius 3 is 2.71 bits per heavy atom. The molecule has 1 fully saturated rings. The van der Waals surface area contributed by atoms with E-state index in [9.17, 15) is 9.59 Å². The van der Waals surface area contributed by atoms with Crippen LogP contribution in [0.1, 0.15) is 35.4 Å². The van der Waals surface area contributed by atoms with E-state index < -0.39 is 5.69 Å². The molecule has 1 aliphatic heterocycles. The van der Waals surface area contributed by atoms with Crippen LogP contribution in [0.3, 0.4) is 0 Å². The smallest absolute Gasteiger partial charge is 0.336 e. The van der Waals surface area contributed by atoms with Crippen LogP contribution in [0.4, 0.5) is 0 Å². The van der Waals surface area contributed by atoms with Gasteiger partial charge < -0.3 is 4.90 Å². The molecule has 2 atom stereocenters. The Bertz CT molecular complexity index is 676. The number of H-pyrrole nitrogens is 2. The van der Waals surface area contributed by atoms with Gasteiger partial charge in [-0.25, -0.2) is 9.89 Å². The maximum atomic E-state index is 12.3. The van der Waals surface area contributed by atoms with Gasteiger partial charge >= 0.3 is 5.69 Å². The molecule has 0 saturated carbocycles. The minimum Gasteiger partial charge on any atom is -0.336 e. The highest BCUT2D eigenvalue weighted by atomic mass is 16.2. The van der Waals surface area contributed by atoms with Gasteiger partial charge in [-0.15, -0.1) is 5.10 Å². The Morgan fingerprint density at radius 2 is 2.10 bits per heavy atom. The summed E-state index contributed by atoms with van der Waals surface area (Å²) in [4.78, 5) is 27.5. The Balaban J connectivity index is 1.71. The van der Waals surface area contributed by atoms with Crippen LogP contribution < -0.4 is 5.69 Å². The number of likely N-dealkylation sites (tertiary alicyclic amines) is 1. The second-order valence-electron chi connectivity index (χ2n) is 5.56. The summed E-state index contributed by atoms with van der Waals surface area (Å²) in [5.41, 5.74) is 0.871. The second kappa shape index (κ2) is 5.55. The number of carbonyl (C=O) groups is 1. The number of carbonyl (C=O) groups excluding carboxylic acids is 1. The Hall–Kier alpha value is -2.37. The molecular formula is C15H18N4O2. The summed E-state index contributed by atoms with van der Waals surface area (Å²) < 4.78 is 0. The number of amides is 1. The van der Waals surface area contributed by atoms with Crippen molar-refractivity contribution in [2.45, 2.75) is 19.3 Å². The lowest BCUT2D eigenvalue weighted by Gasteiger charge is -2.36. The number of rotatable bonds is 2. The molecule has 6 nitrogen and oxygen atoms in total. The monoisotopic (exact) mass is 286 g/mol.